The van der Waals surface area contributed by atoms with E-state index in [-0.39, 0.29) is 12.3 Å². The molecule has 0 unspecified atom stereocenters. The van der Waals surface area contributed by atoms with E-state index in [1.54, 1.807) is 12.1 Å². The van der Waals surface area contributed by atoms with Gasteiger partial charge in [-0.1, -0.05) is 35.9 Å². The van der Waals surface area contributed by atoms with Crippen LogP contribution in [0, 0.1) is 6.92 Å². The topological polar surface area (TPSA) is 103 Å². The molecule has 0 saturated carbocycles. The minimum absolute atomic E-state index is 0.194. The van der Waals surface area contributed by atoms with Crippen molar-refractivity contribution in [1.82, 2.24) is 15.2 Å². The van der Waals surface area contributed by atoms with Gasteiger partial charge in [0.15, 0.2) is 5.82 Å². The highest BCUT2D eigenvalue weighted by molar-refractivity contribution is 5.96. The highest BCUT2D eigenvalue weighted by Gasteiger charge is 2.11. The first-order valence-corrected chi connectivity index (χ1v) is 9.07. The maximum Gasteiger partial charge on any atom is 0.267 e. The second kappa shape index (κ2) is 7.93. The van der Waals surface area contributed by atoms with Gasteiger partial charge in [-0.25, -0.2) is 0 Å². The lowest BCUT2D eigenvalue weighted by atomic mass is 10.1. The molecule has 0 aliphatic rings. The summed E-state index contributed by atoms with van der Waals surface area (Å²) < 4.78 is 5.88. The zero-order valence-electron chi connectivity index (χ0n) is 15.8. The zero-order valence-corrected chi connectivity index (χ0v) is 15.8. The molecule has 2 aromatic heterocycles. The number of primary amides is 1. The molecular weight excluding hydrogens is 366 g/mol. The summed E-state index contributed by atoms with van der Waals surface area (Å²) >= 11 is 0. The summed E-state index contributed by atoms with van der Waals surface area (Å²) in [6.45, 7) is 2.26. The Balaban J connectivity index is 1.60. The van der Waals surface area contributed by atoms with E-state index < -0.39 is 5.91 Å². The molecule has 0 aliphatic heterocycles. The molecular formula is C22H19N5O2. The Morgan fingerprint density at radius 1 is 1.03 bits per heavy atom. The number of aromatic nitrogens is 3. The highest BCUT2D eigenvalue weighted by Crippen LogP contribution is 2.29. The lowest BCUT2D eigenvalue weighted by Gasteiger charge is -2.12. The Bertz CT molecular complexity index is 1180. The number of hydrogen-bond acceptors (Lipinski definition) is 6. The van der Waals surface area contributed by atoms with Gasteiger partial charge in [-0.15, -0.1) is 10.2 Å². The number of benzene rings is 2. The lowest BCUT2D eigenvalue weighted by molar-refractivity contribution is 0.0995. The monoisotopic (exact) mass is 385 g/mol. The van der Waals surface area contributed by atoms with Crippen molar-refractivity contribution < 1.29 is 9.53 Å². The van der Waals surface area contributed by atoms with Crippen molar-refractivity contribution in [3.63, 3.8) is 0 Å². The number of ether oxygens (including phenoxy) is 1. The molecule has 1 amide bonds. The van der Waals surface area contributed by atoms with Crippen LogP contribution >= 0.6 is 0 Å². The van der Waals surface area contributed by atoms with Gasteiger partial charge in [0, 0.05) is 22.7 Å². The predicted molar refractivity (Wildman–Crippen MR) is 111 cm³/mol. The molecule has 0 radical (unpaired) electrons. The number of nitrogens with one attached hydrogen (secondary N) is 1. The van der Waals surface area contributed by atoms with Crippen LogP contribution in [0.5, 0.6) is 5.88 Å². The molecule has 7 nitrogen and oxygen atoms in total. The number of anilines is 2. The van der Waals surface area contributed by atoms with Crippen molar-refractivity contribution in [2.45, 2.75) is 13.5 Å². The van der Waals surface area contributed by atoms with Crippen LogP contribution in [0.15, 0.2) is 66.9 Å². The third-order valence-corrected chi connectivity index (χ3v) is 4.42. The number of carbonyl (C=O) groups is 1. The first-order valence-electron chi connectivity index (χ1n) is 9.07. The molecule has 0 aliphatic carbocycles. The maximum absolute atomic E-state index is 11.3. The Hall–Kier alpha value is -4.00. The van der Waals surface area contributed by atoms with E-state index in [1.807, 2.05) is 55.5 Å². The normalized spacial score (nSPS) is 10.7. The van der Waals surface area contributed by atoms with E-state index in [4.69, 9.17) is 10.5 Å². The van der Waals surface area contributed by atoms with Crippen molar-refractivity contribution in [2.24, 2.45) is 5.73 Å². The van der Waals surface area contributed by atoms with Gasteiger partial charge in [-0.2, -0.15) is 0 Å². The zero-order chi connectivity index (χ0) is 20.2. The van der Waals surface area contributed by atoms with Crippen molar-refractivity contribution in [2.75, 3.05) is 5.32 Å². The van der Waals surface area contributed by atoms with Gasteiger partial charge in [-0.3, -0.25) is 9.78 Å². The number of nitrogens with two attached hydrogens (primary N) is 1. The first kappa shape index (κ1) is 18.4. The number of carbonyl (C=O) groups excluding carboxylic acids is 1. The fraction of sp³-hybridized carbons (Fsp3) is 0.0909. The van der Waals surface area contributed by atoms with E-state index in [2.05, 4.69) is 20.5 Å². The van der Waals surface area contributed by atoms with Gasteiger partial charge in [0.1, 0.15) is 12.3 Å². The van der Waals surface area contributed by atoms with Crippen LogP contribution in [0.4, 0.5) is 11.5 Å². The summed E-state index contributed by atoms with van der Waals surface area (Å²) in [5, 5.41) is 13.6. The minimum atomic E-state index is -0.580. The van der Waals surface area contributed by atoms with Gasteiger partial charge >= 0.3 is 0 Å². The van der Waals surface area contributed by atoms with Crippen LogP contribution in [0.25, 0.3) is 10.8 Å². The van der Waals surface area contributed by atoms with E-state index in [9.17, 15) is 4.79 Å². The molecule has 0 fully saturated rings. The number of aryl methyl sites for hydroxylation is 1. The smallest absolute Gasteiger partial charge is 0.267 e. The van der Waals surface area contributed by atoms with Crippen LogP contribution in [-0.4, -0.2) is 21.1 Å². The third-order valence-electron chi connectivity index (χ3n) is 4.42. The second-order valence-electron chi connectivity index (χ2n) is 6.59. The molecule has 7 heteroatoms. The van der Waals surface area contributed by atoms with Gasteiger partial charge < -0.3 is 15.8 Å². The molecule has 4 rings (SSSR count). The minimum Gasteiger partial charge on any atom is -0.471 e. The largest absolute Gasteiger partial charge is 0.471 e. The fourth-order valence-electron chi connectivity index (χ4n) is 2.90. The number of amides is 1. The number of fused-ring (bicyclic) bond motifs is 1. The Morgan fingerprint density at radius 3 is 2.55 bits per heavy atom. The summed E-state index contributed by atoms with van der Waals surface area (Å²) in [5.41, 5.74) is 8.36. The van der Waals surface area contributed by atoms with Crippen LogP contribution in [0.1, 0.15) is 21.6 Å². The van der Waals surface area contributed by atoms with Gasteiger partial charge in [0.25, 0.3) is 5.91 Å². The lowest BCUT2D eigenvalue weighted by Crippen LogP contribution is -2.13. The Kier molecular flexibility index (Phi) is 5.03. The number of nitrogens with zero attached hydrogens (tertiary/aromatic N) is 3. The Morgan fingerprint density at radius 2 is 1.79 bits per heavy atom. The first-order chi connectivity index (χ1) is 14.1. The highest BCUT2D eigenvalue weighted by atomic mass is 16.5. The number of hydrogen-bond donors (Lipinski definition) is 2. The third kappa shape index (κ3) is 4.14. The van der Waals surface area contributed by atoms with Crippen molar-refractivity contribution in [3.05, 3.63) is 83.7 Å². The molecule has 29 heavy (non-hydrogen) atoms. The molecule has 4 aromatic rings. The molecule has 0 bridgehead atoms. The second-order valence-corrected chi connectivity index (χ2v) is 6.59. The summed E-state index contributed by atoms with van der Waals surface area (Å²) in [6.07, 6.45) is 1.52. The SMILES string of the molecule is Cc1ccc(Nc2nnc(OCc3ccnc(C(N)=O)c3)c3ccccc23)cc1. The van der Waals surface area contributed by atoms with Crippen molar-refractivity contribution in [3.8, 4) is 5.88 Å². The fourth-order valence-corrected chi connectivity index (χ4v) is 2.90. The van der Waals surface area contributed by atoms with E-state index in [0.717, 1.165) is 22.0 Å². The predicted octanol–water partition coefficient (Wildman–Crippen LogP) is 3.75. The molecule has 0 spiro atoms. The average molecular weight is 385 g/mol. The van der Waals surface area contributed by atoms with E-state index in [1.165, 1.54) is 11.8 Å². The van der Waals surface area contributed by atoms with Gasteiger partial charge in [0.2, 0.25) is 5.88 Å². The van der Waals surface area contributed by atoms with Crippen LogP contribution in [-0.2, 0) is 6.61 Å². The maximum atomic E-state index is 11.3. The Labute approximate surface area is 167 Å². The summed E-state index contributed by atoms with van der Waals surface area (Å²) in [7, 11) is 0. The molecule has 2 heterocycles. The quantitative estimate of drug-likeness (QED) is 0.524. The van der Waals surface area contributed by atoms with Crippen LogP contribution < -0.4 is 15.8 Å². The summed E-state index contributed by atoms with van der Waals surface area (Å²) in [4.78, 5) is 15.2. The number of pyridine rings is 1. The molecule has 0 atom stereocenters. The molecule has 3 N–H and O–H groups in total. The van der Waals surface area contributed by atoms with Gasteiger partial charge in [0.05, 0.1) is 0 Å². The van der Waals surface area contributed by atoms with Gasteiger partial charge in [-0.05, 0) is 42.8 Å². The molecule has 0 saturated heterocycles. The van der Waals surface area contributed by atoms with Crippen LogP contribution in [0.2, 0.25) is 0 Å². The number of rotatable bonds is 6. The molecule has 2 aromatic carbocycles. The van der Waals surface area contributed by atoms with Crippen LogP contribution in [0.3, 0.4) is 0 Å². The molecule has 144 valence electrons. The average Bonchev–Trinajstić information content (AvgIpc) is 2.75. The summed E-state index contributed by atoms with van der Waals surface area (Å²) in [6, 6.07) is 19.2. The van der Waals surface area contributed by atoms with E-state index in [0.29, 0.717) is 11.7 Å². The van der Waals surface area contributed by atoms with E-state index >= 15 is 0 Å². The summed E-state index contributed by atoms with van der Waals surface area (Å²) in [5.74, 6) is 0.479. The van der Waals surface area contributed by atoms with Crippen molar-refractivity contribution >= 4 is 28.2 Å². The van der Waals surface area contributed by atoms with Crippen molar-refractivity contribution in [1.29, 1.82) is 0 Å². The standard InChI is InChI=1S/C22H19N5O2/c1-14-6-8-16(9-7-14)25-21-17-4-2-3-5-18(17)22(27-26-21)29-13-15-10-11-24-19(12-15)20(23)28/h2-12H,13H2,1H3,(H2,23,28)(H,25,26).